The van der Waals surface area contributed by atoms with Crippen molar-refractivity contribution in [1.82, 2.24) is 0 Å². The number of rotatable bonds is 2. The van der Waals surface area contributed by atoms with Crippen LogP contribution in [0.1, 0.15) is 24.2 Å². The first-order valence-electron chi connectivity index (χ1n) is 5.03. The van der Waals surface area contributed by atoms with E-state index >= 15 is 0 Å². The van der Waals surface area contributed by atoms with Crippen LogP contribution < -0.4 is 4.90 Å². The minimum Gasteiger partial charge on any atom is -0.370 e. The summed E-state index contributed by atoms with van der Waals surface area (Å²) in [4.78, 5) is 13.6. The van der Waals surface area contributed by atoms with Gasteiger partial charge in [0.2, 0.25) is 0 Å². The number of carbonyl (C=O) groups excluding carboxylic acids is 1. The standard InChI is InChI=1S/C12H15NO/c1-9-7-13(8-9)12-6-4-3-5-11(12)10(2)14/h3-6,9H,7-8H2,1-2H3. The van der Waals surface area contributed by atoms with Gasteiger partial charge in [-0.2, -0.15) is 0 Å². The molecule has 0 saturated carbocycles. The first-order chi connectivity index (χ1) is 6.68. The van der Waals surface area contributed by atoms with E-state index in [1.165, 1.54) is 0 Å². The number of para-hydroxylation sites is 1. The highest BCUT2D eigenvalue weighted by molar-refractivity contribution is 5.99. The van der Waals surface area contributed by atoms with Gasteiger partial charge in [0, 0.05) is 24.3 Å². The maximum atomic E-state index is 11.4. The monoisotopic (exact) mass is 189 g/mol. The molecule has 0 bridgehead atoms. The van der Waals surface area contributed by atoms with Gasteiger partial charge in [0.1, 0.15) is 0 Å². The van der Waals surface area contributed by atoms with Gasteiger partial charge in [-0.05, 0) is 25.0 Å². The summed E-state index contributed by atoms with van der Waals surface area (Å²) < 4.78 is 0. The molecule has 14 heavy (non-hydrogen) atoms. The molecular formula is C12H15NO. The highest BCUT2D eigenvalue weighted by Crippen LogP contribution is 2.27. The molecule has 2 heteroatoms. The number of Topliss-reactive ketones (excluding diaryl/α,β-unsaturated/α-hetero) is 1. The Balaban J connectivity index is 2.28. The average Bonchev–Trinajstić information content (AvgIpc) is 2.13. The molecule has 0 aliphatic carbocycles. The summed E-state index contributed by atoms with van der Waals surface area (Å²) in [5.74, 6) is 0.912. The van der Waals surface area contributed by atoms with Crippen molar-refractivity contribution in [1.29, 1.82) is 0 Å². The predicted octanol–water partition coefficient (Wildman–Crippen LogP) is 2.35. The molecule has 1 aliphatic rings. The summed E-state index contributed by atoms with van der Waals surface area (Å²) in [6.45, 7) is 6.00. The number of hydrogen-bond donors (Lipinski definition) is 0. The van der Waals surface area contributed by atoms with E-state index in [-0.39, 0.29) is 5.78 Å². The van der Waals surface area contributed by atoms with Crippen molar-refractivity contribution in [2.45, 2.75) is 13.8 Å². The smallest absolute Gasteiger partial charge is 0.161 e. The molecule has 0 amide bonds. The van der Waals surface area contributed by atoms with Crippen molar-refractivity contribution >= 4 is 11.5 Å². The van der Waals surface area contributed by atoms with Gasteiger partial charge < -0.3 is 4.90 Å². The molecule has 0 radical (unpaired) electrons. The van der Waals surface area contributed by atoms with Crippen LogP contribution in [0.3, 0.4) is 0 Å². The molecule has 1 aromatic carbocycles. The zero-order chi connectivity index (χ0) is 10.1. The van der Waals surface area contributed by atoms with Crippen LogP contribution in [0.15, 0.2) is 24.3 Å². The van der Waals surface area contributed by atoms with E-state index < -0.39 is 0 Å². The second-order valence-corrected chi connectivity index (χ2v) is 4.08. The third-order valence-electron chi connectivity index (χ3n) is 2.69. The third kappa shape index (κ3) is 1.52. The topological polar surface area (TPSA) is 20.3 Å². The zero-order valence-electron chi connectivity index (χ0n) is 8.66. The van der Waals surface area contributed by atoms with Crippen molar-refractivity contribution in [2.75, 3.05) is 18.0 Å². The number of benzene rings is 1. The molecule has 1 aliphatic heterocycles. The molecule has 1 saturated heterocycles. The molecule has 1 heterocycles. The van der Waals surface area contributed by atoms with Crippen LogP contribution in [0.5, 0.6) is 0 Å². The Morgan fingerprint density at radius 3 is 2.57 bits per heavy atom. The molecule has 0 N–H and O–H groups in total. The van der Waals surface area contributed by atoms with Gasteiger partial charge in [-0.15, -0.1) is 0 Å². The van der Waals surface area contributed by atoms with Gasteiger partial charge in [0.05, 0.1) is 0 Å². The maximum Gasteiger partial charge on any atom is 0.161 e. The van der Waals surface area contributed by atoms with Gasteiger partial charge in [-0.3, -0.25) is 4.79 Å². The lowest BCUT2D eigenvalue weighted by atomic mass is 9.99. The molecule has 0 unspecified atom stereocenters. The van der Waals surface area contributed by atoms with E-state index in [0.29, 0.717) is 0 Å². The minimum atomic E-state index is 0.153. The first kappa shape index (κ1) is 9.25. The van der Waals surface area contributed by atoms with Crippen LogP contribution in [0.25, 0.3) is 0 Å². The number of ketones is 1. The van der Waals surface area contributed by atoms with Crippen LogP contribution in [-0.4, -0.2) is 18.9 Å². The lowest BCUT2D eigenvalue weighted by Crippen LogP contribution is -2.45. The summed E-state index contributed by atoms with van der Waals surface area (Å²) >= 11 is 0. The Kier molecular flexibility index (Phi) is 2.28. The lowest BCUT2D eigenvalue weighted by molar-refractivity contribution is 0.101. The van der Waals surface area contributed by atoms with E-state index in [1.54, 1.807) is 6.92 Å². The number of carbonyl (C=O) groups is 1. The van der Waals surface area contributed by atoms with E-state index in [4.69, 9.17) is 0 Å². The van der Waals surface area contributed by atoms with E-state index in [9.17, 15) is 4.79 Å². The third-order valence-corrected chi connectivity index (χ3v) is 2.69. The summed E-state index contributed by atoms with van der Waals surface area (Å²) in [6, 6.07) is 7.84. The van der Waals surface area contributed by atoms with Crippen molar-refractivity contribution in [3.63, 3.8) is 0 Å². The molecule has 2 nitrogen and oxygen atoms in total. The Labute approximate surface area is 84.5 Å². The molecule has 1 fully saturated rings. The Morgan fingerprint density at radius 1 is 1.36 bits per heavy atom. The normalized spacial score (nSPS) is 16.6. The minimum absolute atomic E-state index is 0.153. The van der Waals surface area contributed by atoms with E-state index in [1.807, 2.05) is 24.3 Å². The maximum absolute atomic E-state index is 11.4. The largest absolute Gasteiger partial charge is 0.370 e. The fraction of sp³-hybridized carbons (Fsp3) is 0.417. The molecule has 2 rings (SSSR count). The van der Waals surface area contributed by atoms with Gasteiger partial charge in [-0.1, -0.05) is 19.1 Å². The summed E-state index contributed by atoms with van der Waals surface area (Å²) in [6.07, 6.45) is 0. The SMILES string of the molecule is CC(=O)c1ccccc1N1CC(C)C1. The van der Waals surface area contributed by atoms with Crippen molar-refractivity contribution in [2.24, 2.45) is 5.92 Å². The van der Waals surface area contributed by atoms with Gasteiger partial charge in [0.15, 0.2) is 5.78 Å². The summed E-state index contributed by atoms with van der Waals surface area (Å²) in [5, 5.41) is 0. The fourth-order valence-corrected chi connectivity index (χ4v) is 1.94. The van der Waals surface area contributed by atoms with Crippen LogP contribution in [0.4, 0.5) is 5.69 Å². The average molecular weight is 189 g/mol. The van der Waals surface area contributed by atoms with Crippen molar-refractivity contribution in [3.05, 3.63) is 29.8 Å². The van der Waals surface area contributed by atoms with Gasteiger partial charge >= 0.3 is 0 Å². The lowest BCUT2D eigenvalue weighted by Gasteiger charge is -2.40. The summed E-state index contributed by atoms with van der Waals surface area (Å²) in [7, 11) is 0. The predicted molar refractivity (Wildman–Crippen MR) is 57.8 cm³/mol. The van der Waals surface area contributed by atoms with Crippen LogP contribution >= 0.6 is 0 Å². The molecule has 0 aromatic heterocycles. The van der Waals surface area contributed by atoms with Crippen LogP contribution in [0.2, 0.25) is 0 Å². The molecule has 0 spiro atoms. The molecule has 74 valence electrons. The van der Waals surface area contributed by atoms with Gasteiger partial charge in [0.25, 0.3) is 0 Å². The van der Waals surface area contributed by atoms with Crippen LogP contribution in [0, 0.1) is 5.92 Å². The second kappa shape index (κ2) is 3.45. The second-order valence-electron chi connectivity index (χ2n) is 4.08. The highest BCUT2D eigenvalue weighted by Gasteiger charge is 2.24. The molecule has 0 atom stereocenters. The van der Waals surface area contributed by atoms with Crippen LogP contribution in [-0.2, 0) is 0 Å². The number of hydrogen-bond acceptors (Lipinski definition) is 2. The quantitative estimate of drug-likeness (QED) is 0.665. The molecular weight excluding hydrogens is 174 g/mol. The van der Waals surface area contributed by atoms with Crippen molar-refractivity contribution in [3.8, 4) is 0 Å². The zero-order valence-corrected chi connectivity index (χ0v) is 8.66. The number of nitrogens with zero attached hydrogens (tertiary/aromatic N) is 1. The first-order valence-corrected chi connectivity index (χ1v) is 5.03. The van der Waals surface area contributed by atoms with Gasteiger partial charge in [-0.25, -0.2) is 0 Å². The van der Waals surface area contributed by atoms with E-state index in [0.717, 1.165) is 30.3 Å². The highest BCUT2D eigenvalue weighted by atomic mass is 16.1. The van der Waals surface area contributed by atoms with Crippen molar-refractivity contribution < 1.29 is 4.79 Å². The summed E-state index contributed by atoms with van der Waals surface area (Å²) in [5.41, 5.74) is 1.94. The van der Waals surface area contributed by atoms with E-state index in [2.05, 4.69) is 11.8 Å². The Bertz CT molecular complexity index is 353. The fourth-order valence-electron chi connectivity index (χ4n) is 1.94. The Morgan fingerprint density at radius 2 is 2.00 bits per heavy atom. The Hall–Kier alpha value is -1.31. The number of anilines is 1. The molecule has 1 aromatic rings.